The molecule has 1 aliphatic heterocycles. The molecule has 0 bridgehead atoms. The first-order chi connectivity index (χ1) is 8.65. The van der Waals surface area contributed by atoms with E-state index in [0.717, 1.165) is 44.7 Å². The first-order valence-corrected chi connectivity index (χ1v) is 7.61. The third kappa shape index (κ3) is 3.05. The van der Waals surface area contributed by atoms with E-state index in [4.69, 9.17) is 0 Å². The van der Waals surface area contributed by atoms with Gasteiger partial charge in [-0.1, -0.05) is 19.3 Å². The number of hydrogen-bond acceptors (Lipinski definition) is 2. The van der Waals surface area contributed by atoms with Crippen LogP contribution in [0.25, 0.3) is 0 Å². The van der Waals surface area contributed by atoms with Gasteiger partial charge in [-0.15, -0.1) is 0 Å². The molecule has 1 saturated carbocycles. The maximum Gasteiger partial charge on any atom is 0.223 e. The summed E-state index contributed by atoms with van der Waals surface area (Å²) in [5.74, 6) is 1.31. The molecule has 1 amide bonds. The fraction of sp³-hybridized carbons (Fsp3) is 0.933. The number of likely N-dealkylation sites (N-methyl/N-ethyl adjacent to an activating group) is 1. The van der Waals surface area contributed by atoms with E-state index in [9.17, 15) is 4.79 Å². The van der Waals surface area contributed by atoms with E-state index in [1.54, 1.807) is 0 Å². The van der Waals surface area contributed by atoms with Gasteiger partial charge < -0.3 is 10.2 Å². The predicted molar refractivity (Wildman–Crippen MR) is 74.5 cm³/mol. The van der Waals surface area contributed by atoms with Gasteiger partial charge in [0.25, 0.3) is 0 Å². The lowest BCUT2D eigenvalue weighted by Gasteiger charge is -2.35. The van der Waals surface area contributed by atoms with Crippen LogP contribution in [0.4, 0.5) is 0 Å². The molecule has 1 saturated heterocycles. The summed E-state index contributed by atoms with van der Waals surface area (Å²) in [6.07, 6.45) is 9.62. The third-order valence-corrected chi connectivity index (χ3v) is 4.84. The van der Waals surface area contributed by atoms with Crippen LogP contribution in [-0.2, 0) is 4.79 Å². The molecule has 104 valence electrons. The average molecular weight is 252 g/mol. The summed E-state index contributed by atoms with van der Waals surface area (Å²) in [6, 6.07) is 0. The average Bonchev–Trinajstić information content (AvgIpc) is 2.64. The Balaban J connectivity index is 1.76. The van der Waals surface area contributed by atoms with Crippen LogP contribution < -0.4 is 5.32 Å². The minimum absolute atomic E-state index is 0.0578. The van der Waals surface area contributed by atoms with Crippen molar-refractivity contribution < 1.29 is 4.79 Å². The molecule has 3 nitrogen and oxygen atoms in total. The van der Waals surface area contributed by atoms with E-state index < -0.39 is 0 Å². The Kier molecular flexibility index (Phi) is 4.66. The highest BCUT2D eigenvalue weighted by atomic mass is 16.2. The molecule has 1 heterocycles. The summed E-state index contributed by atoms with van der Waals surface area (Å²) >= 11 is 0. The highest BCUT2D eigenvalue weighted by Gasteiger charge is 2.38. The summed E-state index contributed by atoms with van der Waals surface area (Å²) in [6.45, 7) is 4.10. The van der Waals surface area contributed by atoms with Crippen LogP contribution in [0.5, 0.6) is 0 Å². The minimum Gasteiger partial charge on any atom is -0.336 e. The standard InChI is InChI=1S/C15H28N2O/c1-15(12-16-2)10-5-11-17(15)14(18)9-4-8-13-6-3-7-13/h13,16H,3-12H2,1-2H3. The number of amides is 1. The van der Waals surface area contributed by atoms with Gasteiger partial charge in [0.1, 0.15) is 0 Å². The quantitative estimate of drug-likeness (QED) is 0.788. The number of nitrogens with one attached hydrogen (secondary N) is 1. The zero-order chi connectivity index (χ0) is 13.0. The molecule has 3 heteroatoms. The number of carbonyl (C=O) groups is 1. The number of carbonyl (C=O) groups excluding carboxylic acids is 1. The van der Waals surface area contributed by atoms with Crippen LogP contribution >= 0.6 is 0 Å². The predicted octanol–water partition coefficient (Wildman–Crippen LogP) is 2.56. The summed E-state index contributed by atoms with van der Waals surface area (Å²) in [5, 5.41) is 3.23. The Morgan fingerprint density at radius 2 is 2.17 bits per heavy atom. The topological polar surface area (TPSA) is 32.3 Å². The molecule has 2 aliphatic rings. The molecule has 0 aromatic rings. The lowest BCUT2D eigenvalue weighted by atomic mass is 9.82. The number of rotatable bonds is 6. The molecule has 0 aromatic carbocycles. The van der Waals surface area contributed by atoms with Crippen LogP contribution in [0, 0.1) is 5.92 Å². The first kappa shape index (κ1) is 13.9. The third-order valence-electron chi connectivity index (χ3n) is 4.84. The van der Waals surface area contributed by atoms with E-state index in [1.165, 1.54) is 25.7 Å². The van der Waals surface area contributed by atoms with Gasteiger partial charge in [0.15, 0.2) is 0 Å². The normalized spacial score (nSPS) is 28.4. The van der Waals surface area contributed by atoms with Gasteiger partial charge in [-0.2, -0.15) is 0 Å². The lowest BCUT2D eigenvalue weighted by Crippen LogP contribution is -2.50. The molecule has 1 unspecified atom stereocenters. The Morgan fingerprint density at radius 1 is 1.39 bits per heavy atom. The second-order valence-corrected chi connectivity index (χ2v) is 6.37. The molecule has 1 atom stereocenters. The highest BCUT2D eigenvalue weighted by Crippen LogP contribution is 2.32. The second kappa shape index (κ2) is 6.05. The summed E-state index contributed by atoms with van der Waals surface area (Å²) in [7, 11) is 1.98. The van der Waals surface area contributed by atoms with E-state index >= 15 is 0 Å². The van der Waals surface area contributed by atoms with Crippen LogP contribution in [0.1, 0.15) is 58.3 Å². The van der Waals surface area contributed by atoms with Crippen molar-refractivity contribution in [2.24, 2.45) is 5.92 Å². The van der Waals surface area contributed by atoms with Crippen LogP contribution in [0.2, 0.25) is 0 Å². The van der Waals surface area contributed by atoms with Crippen molar-refractivity contribution in [3.05, 3.63) is 0 Å². The van der Waals surface area contributed by atoms with Crippen LogP contribution in [-0.4, -0.2) is 36.5 Å². The molecular weight excluding hydrogens is 224 g/mol. The maximum atomic E-state index is 12.3. The number of likely N-dealkylation sites (tertiary alicyclic amines) is 1. The van der Waals surface area contributed by atoms with Crippen molar-refractivity contribution in [3.63, 3.8) is 0 Å². The van der Waals surface area contributed by atoms with E-state index in [-0.39, 0.29) is 5.54 Å². The van der Waals surface area contributed by atoms with Gasteiger partial charge in [-0.3, -0.25) is 4.79 Å². The van der Waals surface area contributed by atoms with Crippen molar-refractivity contribution in [2.45, 2.75) is 63.8 Å². The largest absolute Gasteiger partial charge is 0.336 e. The molecule has 2 fully saturated rings. The van der Waals surface area contributed by atoms with Crippen LogP contribution in [0.3, 0.4) is 0 Å². The number of nitrogens with zero attached hydrogens (tertiary/aromatic N) is 1. The molecule has 0 spiro atoms. The maximum absolute atomic E-state index is 12.3. The first-order valence-electron chi connectivity index (χ1n) is 7.61. The summed E-state index contributed by atoms with van der Waals surface area (Å²) in [5.41, 5.74) is 0.0578. The fourth-order valence-electron chi connectivity index (χ4n) is 3.47. The highest BCUT2D eigenvalue weighted by molar-refractivity contribution is 5.77. The Hall–Kier alpha value is -0.570. The van der Waals surface area contributed by atoms with Gasteiger partial charge in [0.05, 0.1) is 5.54 Å². The molecular formula is C15H28N2O. The van der Waals surface area contributed by atoms with E-state index in [2.05, 4.69) is 17.1 Å². The van der Waals surface area contributed by atoms with Gasteiger partial charge in [0.2, 0.25) is 5.91 Å². The Bertz CT molecular complexity index is 288. The Labute approximate surface area is 111 Å². The van der Waals surface area contributed by atoms with Crippen LogP contribution in [0.15, 0.2) is 0 Å². The monoisotopic (exact) mass is 252 g/mol. The van der Waals surface area contributed by atoms with Crippen molar-refractivity contribution in [2.75, 3.05) is 20.1 Å². The van der Waals surface area contributed by atoms with Gasteiger partial charge in [0, 0.05) is 19.5 Å². The molecule has 1 N–H and O–H groups in total. The van der Waals surface area contributed by atoms with E-state index in [1.807, 2.05) is 7.05 Å². The second-order valence-electron chi connectivity index (χ2n) is 6.37. The molecule has 18 heavy (non-hydrogen) atoms. The van der Waals surface area contributed by atoms with Crippen molar-refractivity contribution >= 4 is 5.91 Å². The molecule has 0 radical (unpaired) electrons. The SMILES string of the molecule is CNCC1(C)CCCN1C(=O)CCCC1CCC1. The van der Waals surface area contributed by atoms with Crippen molar-refractivity contribution in [3.8, 4) is 0 Å². The molecule has 1 aliphatic carbocycles. The Morgan fingerprint density at radius 3 is 2.78 bits per heavy atom. The van der Waals surface area contributed by atoms with Crippen molar-refractivity contribution in [1.29, 1.82) is 0 Å². The van der Waals surface area contributed by atoms with Gasteiger partial charge in [-0.25, -0.2) is 0 Å². The zero-order valence-electron chi connectivity index (χ0n) is 12.0. The summed E-state index contributed by atoms with van der Waals surface area (Å²) in [4.78, 5) is 14.5. The molecule has 0 aromatic heterocycles. The fourth-order valence-corrected chi connectivity index (χ4v) is 3.47. The lowest BCUT2D eigenvalue weighted by molar-refractivity contribution is -0.134. The zero-order valence-corrected chi connectivity index (χ0v) is 12.0. The molecule has 2 rings (SSSR count). The summed E-state index contributed by atoms with van der Waals surface area (Å²) < 4.78 is 0. The van der Waals surface area contributed by atoms with Gasteiger partial charge >= 0.3 is 0 Å². The van der Waals surface area contributed by atoms with E-state index in [0.29, 0.717) is 5.91 Å². The minimum atomic E-state index is 0.0578. The smallest absolute Gasteiger partial charge is 0.223 e. The van der Waals surface area contributed by atoms with Gasteiger partial charge in [-0.05, 0) is 45.6 Å². The van der Waals surface area contributed by atoms with Crippen molar-refractivity contribution in [1.82, 2.24) is 10.2 Å². The number of hydrogen-bond donors (Lipinski definition) is 1.